The van der Waals surface area contributed by atoms with Gasteiger partial charge in [0.1, 0.15) is 22.1 Å². The Labute approximate surface area is 221 Å². The summed E-state index contributed by atoms with van der Waals surface area (Å²) in [5, 5.41) is 26.4. The molecule has 3 aromatic heterocycles. The van der Waals surface area contributed by atoms with Crippen molar-refractivity contribution in [3.8, 4) is 17.3 Å². The van der Waals surface area contributed by atoms with Crippen molar-refractivity contribution >= 4 is 44.8 Å². The highest BCUT2D eigenvalue weighted by molar-refractivity contribution is 7.18. The molecule has 1 N–H and O–H groups in total. The fourth-order valence-corrected chi connectivity index (χ4v) is 6.50. The van der Waals surface area contributed by atoms with Crippen LogP contribution in [-0.2, 0) is 16.9 Å². The topological polar surface area (TPSA) is 105 Å². The maximum absolute atomic E-state index is 11.4. The molecule has 0 aliphatic heterocycles. The van der Waals surface area contributed by atoms with Crippen LogP contribution in [0.1, 0.15) is 66.3 Å². The van der Waals surface area contributed by atoms with Gasteiger partial charge in [0.25, 0.3) is 0 Å². The number of hydrogen-bond acceptors (Lipinski definition) is 8. The van der Waals surface area contributed by atoms with Crippen LogP contribution in [0.2, 0.25) is 10.0 Å². The minimum absolute atomic E-state index is 0.0111. The van der Waals surface area contributed by atoms with Crippen LogP contribution in [0.4, 0.5) is 0 Å². The van der Waals surface area contributed by atoms with E-state index in [9.17, 15) is 5.11 Å². The molecule has 184 valence electrons. The van der Waals surface area contributed by atoms with Crippen molar-refractivity contribution in [3.63, 3.8) is 0 Å². The van der Waals surface area contributed by atoms with Crippen LogP contribution in [0.25, 0.3) is 21.5 Å². The van der Waals surface area contributed by atoms with E-state index in [4.69, 9.17) is 37.7 Å². The largest absolute Gasteiger partial charge is 0.383 e. The van der Waals surface area contributed by atoms with Gasteiger partial charge in [0.05, 0.1) is 44.6 Å². The average Bonchev–Trinajstić information content (AvgIpc) is 3.49. The zero-order chi connectivity index (χ0) is 24.9. The van der Waals surface area contributed by atoms with Crippen LogP contribution in [0.5, 0.6) is 0 Å². The van der Waals surface area contributed by atoms with Crippen LogP contribution in [-0.4, -0.2) is 26.3 Å². The molecule has 0 saturated heterocycles. The predicted molar refractivity (Wildman–Crippen MR) is 137 cm³/mol. The Morgan fingerprint density at radius 3 is 2.61 bits per heavy atom. The van der Waals surface area contributed by atoms with E-state index in [1.54, 1.807) is 18.5 Å². The van der Waals surface area contributed by atoms with E-state index in [2.05, 4.69) is 21.2 Å². The third-order valence-electron chi connectivity index (χ3n) is 7.00. The predicted octanol–water partition coefficient (Wildman–Crippen LogP) is 6.75. The average molecular weight is 541 g/mol. The number of benzene rings is 1. The summed E-state index contributed by atoms with van der Waals surface area (Å²) in [6.07, 6.45) is 7.71. The number of nitrogens with zero attached hydrogens (tertiary/aromatic N) is 4. The maximum Gasteiger partial charge on any atom is 0.145 e. The van der Waals surface area contributed by atoms with Gasteiger partial charge in [-0.3, -0.25) is 4.98 Å². The summed E-state index contributed by atoms with van der Waals surface area (Å²) < 4.78 is 13.0. The molecule has 6 rings (SSSR count). The zero-order valence-corrected chi connectivity index (χ0v) is 21.5. The number of rotatable bonds is 6. The summed E-state index contributed by atoms with van der Waals surface area (Å²) in [6, 6.07) is 7.56. The van der Waals surface area contributed by atoms with Gasteiger partial charge in [0.2, 0.25) is 0 Å². The Balaban J connectivity index is 1.17. The molecule has 3 heterocycles. The molecule has 36 heavy (non-hydrogen) atoms. The number of thiazole rings is 1. The van der Waals surface area contributed by atoms with E-state index in [1.807, 2.05) is 12.1 Å². The van der Waals surface area contributed by atoms with Crippen molar-refractivity contribution in [2.24, 2.45) is 0 Å². The van der Waals surface area contributed by atoms with Crippen molar-refractivity contribution in [2.75, 3.05) is 0 Å². The Bertz CT molecular complexity index is 1460. The van der Waals surface area contributed by atoms with Crippen molar-refractivity contribution in [1.82, 2.24) is 15.1 Å². The molecule has 7 nitrogen and oxygen atoms in total. The van der Waals surface area contributed by atoms with Gasteiger partial charge in [-0.15, -0.1) is 11.3 Å². The molecule has 1 aromatic carbocycles. The van der Waals surface area contributed by atoms with Gasteiger partial charge < -0.3 is 14.4 Å². The molecular weight excluding hydrogens is 519 g/mol. The molecule has 0 unspecified atom stereocenters. The molecule has 4 aromatic rings. The number of aliphatic hydroxyl groups is 1. The smallest absolute Gasteiger partial charge is 0.145 e. The molecule has 0 amide bonds. The van der Waals surface area contributed by atoms with Crippen LogP contribution in [0, 0.1) is 11.3 Å². The second kappa shape index (κ2) is 9.40. The molecule has 2 aliphatic carbocycles. The second-order valence-corrected chi connectivity index (χ2v) is 11.3. The van der Waals surface area contributed by atoms with Crippen molar-refractivity contribution in [3.05, 3.63) is 62.5 Å². The van der Waals surface area contributed by atoms with Crippen molar-refractivity contribution in [2.45, 2.75) is 62.8 Å². The standard InChI is InChI=1S/C26H22Cl2N4O3S/c27-18-11-30-12-19(28)22(18)23-17(24(35-32-23)15-2-3-15)13-34-16-5-7-26(33,8-6-16)25-31-20-4-1-14(10-29)9-21(20)36-25/h1,4,9,11-12,15-16,33H,2-3,5-8,13H2. The molecule has 0 radical (unpaired) electrons. The van der Waals surface area contributed by atoms with Crippen LogP contribution < -0.4 is 0 Å². The first kappa shape index (κ1) is 23.8. The maximum atomic E-state index is 11.4. The molecule has 0 bridgehead atoms. The molecule has 10 heteroatoms. The molecule has 0 spiro atoms. The number of aromatic nitrogens is 3. The van der Waals surface area contributed by atoms with Crippen molar-refractivity contribution in [1.29, 1.82) is 5.26 Å². The first-order valence-corrected chi connectivity index (χ1v) is 13.5. The van der Waals surface area contributed by atoms with E-state index in [-0.39, 0.29) is 6.10 Å². The monoisotopic (exact) mass is 540 g/mol. The highest BCUT2D eigenvalue weighted by Crippen LogP contribution is 2.47. The van der Waals surface area contributed by atoms with Gasteiger partial charge in [-0.2, -0.15) is 5.26 Å². The Morgan fingerprint density at radius 1 is 1.17 bits per heavy atom. The van der Waals surface area contributed by atoms with Gasteiger partial charge in [-0.1, -0.05) is 28.4 Å². The van der Waals surface area contributed by atoms with Crippen LogP contribution in [0.15, 0.2) is 35.1 Å². The lowest BCUT2D eigenvalue weighted by atomic mass is 9.83. The van der Waals surface area contributed by atoms with Crippen molar-refractivity contribution < 1.29 is 14.4 Å². The lowest BCUT2D eigenvalue weighted by Crippen LogP contribution is -2.34. The second-order valence-electron chi connectivity index (χ2n) is 9.48. The third kappa shape index (κ3) is 4.40. The Morgan fingerprint density at radius 2 is 1.92 bits per heavy atom. The minimum atomic E-state index is -0.990. The van der Waals surface area contributed by atoms with Gasteiger partial charge in [0, 0.05) is 29.4 Å². The van der Waals surface area contributed by atoms with Gasteiger partial charge in [-0.05, 0) is 56.7 Å². The van der Waals surface area contributed by atoms with Gasteiger partial charge in [0.15, 0.2) is 0 Å². The number of fused-ring (bicyclic) bond motifs is 1. The lowest BCUT2D eigenvalue weighted by molar-refractivity contribution is -0.0640. The Hall–Kier alpha value is -2.54. The summed E-state index contributed by atoms with van der Waals surface area (Å²) >= 11 is 14.3. The van der Waals surface area contributed by atoms with E-state index in [1.165, 1.54) is 11.3 Å². The molecule has 2 saturated carbocycles. The summed E-state index contributed by atoms with van der Waals surface area (Å²) in [5.74, 6) is 1.19. The summed E-state index contributed by atoms with van der Waals surface area (Å²) in [5.41, 5.74) is 2.50. The number of nitriles is 1. The van der Waals surface area contributed by atoms with Crippen LogP contribution >= 0.6 is 34.5 Å². The highest BCUT2D eigenvalue weighted by atomic mass is 35.5. The fourth-order valence-electron chi connectivity index (χ4n) is 4.81. The normalized spacial score (nSPS) is 22.1. The number of halogens is 2. The Kier molecular flexibility index (Phi) is 6.22. The first-order valence-electron chi connectivity index (χ1n) is 11.9. The summed E-state index contributed by atoms with van der Waals surface area (Å²) in [7, 11) is 0. The number of ether oxygens (including phenoxy) is 1. The highest BCUT2D eigenvalue weighted by Gasteiger charge is 2.39. The SMILES string of the molecule is N#Cc1ccc2nc(C3(O)CCC(OCc4c(-c5c(Cl)cncc5Cl)noc4C4CC4)CC3)sc2c1. The van der Waals surface area contributed by atoms with E-state index in [0.29, 0.717) is 70.1 Å². The van der Waals surface area contributed by atoms with E-state index >= 15 is 0 Å². The van der Waals surface area contributed by atoms with E-state index < -0.39 is 5.60 Å². The number of pyridine rings is 1. The van der Waals surface area contributed by atoms with Gasteiger partial charge >= 0.3 is 0 Å². The molecule has 0 atom stereocenters. The lowest BCUT2D eigenvalue weighted by Gasteiger charge is -2.34. The molecular formula is C26H22Cl2N4O3S. The molecule has 2 aliphatic rings. The van der Waals surface area contributed by atoms with Gasteiger partial charge in [-0.25, -0.2) is 4.98 Å². The van der Waals surface area contributed by atoms with Crippen LogP contribution in [0.3, 0.4) is 0 Å². The molecule has 2 fully saturated rings. The quantitative estimate of drug-likeness (QED) is 0.288. The van der Waals surface area contributed by atoms with E-state index in [0.717, 1.165) is 34.4 Å². The minimum Gasteiger partial charge on any atom is -0.383 e. The first-order chi connectivity index (χ1) is 17.4. The summed E-state index contributed by atoms with van der Waals surface area (Å²) in [4.78, 5) is 8.70. The fraction of sp³-hybridized carbons (Fsp3) is 0.385. The summed E-state index contributed by atoms with van der Waals surface area (Å²) in [6.45, 7) is 0.334. The zero-order valence-electron chi connectivity index (χ0n) is 19.2. The third-order valence-corrected chi connectivity index (χ3v) is 8.78. The number of hydrogen-bond donors (Lipinski definition) is 1.